The van der Waals surface area contributed by atoms with Crippen molar-refractivity contribution in [2.24, 2.45) is 0 Å². The molecule has 1 heterocycles. The number of likely N-dealkylation sites (N-methyl/N-ethyl adjacent to an activating group) is 1. The molecule has 0 aliphatic rings. The molecule has 1 aromatic heterocycles. The van der Waals surface area contributed by atoms with E-state index in [0.29, 0.717) is 0 Å². The topological polar surface area (TPSA) is 25.2 Å². The standard InChI is InChI=1S/C8H10BrNO/c1-10-6-2-3-7-4-5-8(9)11-7/h2-5,10H,6H2,1H3/b3-2+. The Hall–Kier alpha value is -0.540. The van der Waals surface area contributed by atoms with E-state index in [4.69, 9.17) is 4.42 Å². The monoisotopic (exact) mass is 215 g/mol. The van der Waals surface area contributed by atoms with E-state index in [1.54, 1.807) is 0 Å². The third-order valence-corrected chi connectivity index (χ3v) is 1.62. The smallest absolute Gasteiger partial charge is 0.169 e. The first kappa shape index (κ1) is 8.56. The molecule has 0 aliphatic carbocycles. The first-order valence-corrected chi connectivity index (χ1v) is 4.18. The maximum absolute atomic E-state index is 5.23. The highest BCUT2D eigenvalue weighted by molar-refractivity contribution is 9.10. The number of hydrogen-bond acceptors (Lipinski definition) is 2. The largest absolute Gasteiger partial charge is 0.450 e. The summed E-state index contributed by atoms with van der Waals surface area (Å²) in [6.45, 7) is 0.859. The summed E-state index contributed by atoms with van der Waals surface area (Å²) < 4.78 is 6.00. The van der Waals surface area contributed by atoms with Crippen LogP contribution in [0.1, 0.15) is 5.76 Å². The molecule has 0 saturated heterocycles. The van der Waals surface area contributed by atoms with Crippen LogP contribution in [0.5, 0.6) is 0 Å². The molecular weight excluding hydrogens is 206 g/mol. The van der Waals surface area contributed by atoms with E-state index < -0.39 is 0 Å². The second-order valence-electron chi connectivity index (χ2n) is 2.10. The van der Waals surface area contributed by atoms with Crippen molar-refractivity contribution >= 4 is 22.0 Å². The third-order valence-electron chi connectivity index (χ3n) is 1.20. The van der Waals surface area contributed by atoms with Gasteiger partial charge in [0.1, 0.15) is 5.76 Å². The third kappa shape index (κ3) is 2.91. The van der Waals surface area contributed by atoms with Gasteiger partial charge >= 0.3 is 0 Å². The highest BCUT2D eigenvalue weighted by Gasteiger charge is 1.91. The number of halogens is 1. The Morgan fingerprint density at radius 1 is 1.64 bits per heavy atom. The maximum atomic E-state index is 5.23. The van der Waals surface area contributed by atoms with Gasteiger partial charge in [0, 0.05) is 6.54 Å². The van der Waals surface area contributed by atoms with Crippen molar-refractivity contribution < 1.29 is 4.42 Å². The fourth-order valence-corrected chi connectivity index (χ4v) is 1.03. The molecule has 0 saturated carbocycles. The molecule has 60 valence electrons. The van der Waals surface area contributed by atoms with E-state index in [2.05, 4.69) is 21.2 Å². The summed E-state index contributed by atoms with van der Waals surface area (Å²) in [4.78, 5) is 0. The Bertz CT molecular complexity index is 242. The fraction of sp³-hybridized carbons (Fsp3) is 0.250. The Morgan fingerprint density at radius 3 is 3.00 bits per heavy atom. The van der Waals surface area contributed by atoms with Gasteiger partial charge in [-0.25, -0.2) is 0 Å². The van der Waals surface area contributed by atoms with E-state index in [-0.39, 0.29) is 0 Å². The van der Waals surface area contributed by atoms with Gasteiger partial charge in [-0.05, 0) is 41.2 Å². The fourth-order valence-electron chi connectivity index (χ4n) is 0.711. The zero-order chi connectivity index (χ0) is 8.10. The number of nitrogens with one attached hydrogen (secondary N) is 1. The SMILES string of the molecule is CNC/C=C/c1ccc(Br)o1. The summed E-state index contributed by atoms with van der Waals surface area (Å²) in [6.07, 6.45) is 3.94. The summed E-state index contributed by atoms with van der Waals surface area (Å²) in [5, 5.41) is 3.00. The predicted octanol–water partition coefficient (Wildman–Crippen LogP) is 2.27. The van der Waals surface area contributed by atoms with Gasteiger partial charge in [0.25, 0.3) is 0 Å². The summed E-state index contributed by atoms with van der Waals surface area (Å²) in [5.41, 5.74) is 0. The molecule has 0 aromatic carbocycles. The van der Waals surface area contributed by atoms with Crippen LogP contribution in [0.2, 0.25) is 0 Å². The molecule has 3 heteroatoms. The van der Waals surface area contributed by atoms with Crippen molar-refractivity contribution in [1.82, 2.24) is 5.32 Å². The van der Waals surface area contributed by atoms with E-state index >= 15 is 0 Å². The zero-order valence-electron chi connectivity index (χ0n) is 6.30. The summed E-state index contributed by atoms with van der Waals surface area (Å²) in [7, 11) is 1.91. The van der Waals surface area contributed by atoms with Gasteiger partial charge in [0.15, 0.2) is 4.67 Å². The lowest BCUT2D eigenvalue weighted by Gasteiger charge is -1.86. The molecule has 0 radical (unpaired) electrons. The second kappa shape index (κ2) is 4.36. The number of rotatable bonds is 3. The highest BCUT2D eigenvalue weighted by atomic mass is 79.9. The van der Waals surface area contributed by atoms with Gasteiger partial charge in [0.2, 0.25) is 0 Å². The molecule has 1 N–H and O–H groups in total. The van der Waals surface area contributed by atoms with Gasteiger partial charge in [-0.2, -0.15) is 0 Å². The Kier molecular flexibility index (Phi) is 3.39. The van der Waals surface area contributed by atoms with Crippen LogP contribution in [0, 0.1) is 0 Å². The van der Waals surface area contributed by atoms with Crippen molar-refractivity contribution in [2.45, 2.75) is 0 Å². The van der Waals surface area contributed by atoms with Crippen LogP contribution in [0.4, 0.5) is 0 Å². The van der Waals surface area contributed by atoms with E-state index in [0.717, 1.165) is 17.0 Å². The van der Waals surface area contributed by atoms with Crippen LogP contribution in [0.3, 0.4) is 0 Å². The molecule has 0 amide bonds. The summed E-state index contributed by atoms with van der Waals surface area (Å²) in [6, 6.07) is 3.79. The van der Waals surface area contributed by atoms with Gasteiger partial charge in [-0.1, -0.05) is 6.08 Å². The van der Waals surface area contributed by atoms with Gasteiger partial charge < -0.3 is 9.73 Å². The lowest BCUT2D eigenvalue weighted by molar-refractivity contribution is 0.531. The molecular formula is C8H10BrNO. The molecule has 0 unspecified atom stereocenters. The minimum Gasteiger partial charge on any atom is -0.450 e. The second-order valence-corrected chi connectivity index (χ2v) is 2.88. The molecule has 0 aliphatic heterocycles. The predicted molar refractivity (Wildman–Crippen MR) is 49.4 cm³/mol. The molecule has 11 heavy (non-hydrogen) atoms. The molecule has 1 rings (SSSR count). The first-order valence-electron chi connectivity index (χ1n) is 3.39. The summed E-state index contributed by atoms with van der Waals surface area (Å²) in [5.74, 6) is 0.868. The van der Waals surface area contributed by atoms with Crippen LogP contribution >= 0.6 is 15.9 Å². The average molecular weight is 216 g/mol. The van der Waals surface area contributed by atoms with E-state index in [9.17, 15) is 0 Å². The normalized spacial score (nSPS) is 11.1. The molecule has 2 nitrogen and oxygen atoms in total. The van der Waals surface area contributed by atoms with Crippen LogP contribution in [-0.2, 0) is 0 Å². The molecule has 1 aromatic rings. The number of hydrogen-bond donors (Lipinski definition) is 1. The minimum atomic E-state index is 0.765. The molecule has 0 bridgehead atoms. The summed E-state index contributed by atoms with van der Waals surface area (Å²) >= 11 is 3.22. The van der Waals surface area contributed by atoms with Crippen LogP contribution in [-0.4, -0.2) is 13.6 Å². The highest BCUT2D eigenvalue weighted by Crippen LogP contribution is 2.14. The Balaban J connectivity index is 2.50. The molecule has 0 spiro atoms. The lowest BCUT2D eigenvalue weighted by atomic mass is 10.4. The molecule has 0 fully saturated rings. The Morgan fingerprint density at radius 2 is 2.45 bits per heavy atom. The van der Waals surface area contributed by atoms with Crippen molar-refractivity contribution in [1.29, 1.82) is 0 Å². The lowest BCUT2D eigenvalue weighted by Crippen LogP contribution is -2.03. The van der Waals surface area contributed by atoms with Crippen molar-refractivity contribution in [2.75, 3.05) is 13.6 Å². The Labute approximate surface area is 74.4 Å². The first-order chi connectivity index (χ1) is 5.33. The van der Waals surface area contributed by atoms with Crippen molar-refractivity contribution in [3.8, 4) is 0 Å². The van der Waals surface area contributed by atoms with Crippen LogP contribution in [0.15, 0.2) is 27.3 Å². The quantitative estimate of drug-likeness (QED) is 0.838. The van der Waals surface area contributed by atoms with E-state index in [1.165, 1.54) is 0 Å². The van der Waals surface area contributed by atoms with Gasteiger partial charge in [-0.15, -0.1) is 0 Å². The average Bonchev–Trinajstić information content (AvgIpc) is 2.37. The van der Waals surface area contributed by atoms with Crippen LogP contribution < -0.4 is 5.32 Å². The van der Waals surface area contributed by atoms with Crippen molar-refractivity contribution in [3.05, 3.63) is 28.6 Å². The van der Waals surface area contributed by atoms with Gasteiger partial charge in [0.05, 0.1) is 0 Å². The van der Waals surface area contributed by atoms with Gasteiger partial charge in [-0.3, -0.25) is 0 Å². The number of furan rings is 1. The minimum absolute atomic E-state index is 0.765. The van der Waals surface area contributed by atoms with E-state index in [1.807, 2.05) is 31.3 Å². The maximum Gasteiger partial charge on any atom is 0.169 e. The molecule has 0 atom stereocenters. The van der Waals surface area contributed by atoms with Crippen molar-refractivity contribution in [3.63, 3.8) is 0 Å². The zero-order valence-corrected chi connectivity index (χ0v) is 7.89. The van der Waals surface area contributed by atoms with Crippen LogP contribution in [0.25, 0.3) is 6.08 Å².